The van der Waals surface area contributed by atoms with Crippen molar-refractivity contribution in [2.24, 2.45) is 0 Å². The van der Waals surface area contributed by atoms with Gasteiger partial charge in [-0.2, -0.15) is 9.78 Å². The van der Waals surface area contributed by atoms with E-state index in [-0.39, 0.29) is 28.1 Å². The lowest BCUT2D eigenvalue weighted by Gasteiger charge is -2.11. The van der Waals surface area contributed by atoms with Gasteiger partial charge in [0.15, 0.2) is 17.2 Å². The highest BCUT2D eigenvalue weighted by Crippen LogP contribution is 2.32. The number of nitrogens with one attached hydrogen (secondary N) is 1. The summed E-state index contributed by atoms with van der Waals surface area (Å²) in [5, 5.41) is 9.34. The number of fused-ring (bicyclic) bond motifs is 1. The molecule has 0 aliphatic heterocycles. The van der Waals surface area contributed by atoms with Crippen LogP contribution >= 0.6 is 11.3 Å². The molecule has 1 N–H and O–H groups in total. The third kappa shape index (κ3) is 4.60. The molecule has 2 aromatic heterocycles. The van der Waals surface area contributed by atoms with Crippen LogP contribution in [0.1, 0.15) is 27.8 Å². The molecule has 11 heteroatoms. The van der Waals surface area contributed by atoms with Gasteiger partial charge in [0, 0.05) is 22.4 Å². The van der Waals surface area contributed by atoms with Gasteiger partial charge in [-0.15, -0.1) is 11.3 Å². The van der Waals surface area contributed by atoms with Gasteiger partial charge in [-0.3, -0.25) is 9.59 Å². The predicted octanol–water partition coefficient (Wildman–Crippen LogP) is 3.90. The highest BCUT2D eigenvalue weighted by Gasteiger charge is 2.24. The van der Waals surface area contributed by atoms with Gasteiger partial charge < -0.3 is 24.3 Å². The maximum atomic E-state index is 13.6. The van der Waals surface area contributed by atoms with Gasteiger partial charge >= 0.3 is 5.97 Å². The van der Waals surface area contributed by atoms with Crippen molar-refractivity contribution in [1.29, 1.82) is 0 Å². The Morgan fingerprint density at radius 1 is 1.03 bits per heavy atom. The molecule has 0 aliphatic rings. The van der Waals surface area contributed by atoms with Crippen molar-refractivity contribution < 1.29 is 28.5 Å². The summed E-state index contributed by atoms with van der Waals surface area (Å²) < 4.78 is 22.0. The monoisotopic (exact) mass is 509 g/mol. The number of benzene rings is 2. The maximum absolute atomic E-state index is 13.6. The molecular weight excluding hydrogens is 486 g/mol. The number of anilines is 1. The number of esters is 1. The van der Waals surface area contributed by atoms with E-state index in [1.807, 2.05) is 0 Å². The summed E-state index contributed by atoms with van der Waals surface area (Å²) in [5.74, 6) is 0.208. The SMILES string of the molecule is CCOC(=O)c1nn(-c2cccc(OC)c2)c(=O)c2c(NC(=O)c3ccc(OC)c(OC)c3)scc12. The number of ether oxygens (including phenoxy) is 4. The van der Waals surface area contributed by atoms with Gasteiger partial charge in [0.2, 0.25) is 0 Å². The number of carbonyl (C=O) groups is 2. The van der Waals surface area contributed by atoms with Gasteiger partial charge in [-0.05, 0) is 37.3 Å². The van der Waals surface area contributed by atoms with Crippen LogP contribution in [-0.2, 0) is 4.74 Å². The molecule has 0 saturated heterocycles. The van der Waals surface area contributed by atoms with E-state index in [9.17, 15) is 14.4 Å². The molecule has 0 radical (unpaired) electrons. The lowest BCUT2D eigenvalue weighted by molar-refractivity contribution is 0.0520. The molecule has 4 aromatic rings. The van der Waals surface area contributed by atoms with E-state index in [1.54, 1.807) is 48.7 Å². The Kier molecular flexibility index (Phi) is 7.20. The summed E-state index contributed by atoms with van der Waals surface area (Å²) >= 11 is 1.11. The third-order valence-electron chi connectivity index (χ3n) is 5.29. The van der Waals surface area contributed by atoms with Gasteiger partial charge in [-0.25, -0.2) is 4.79 Å². The summed E-state index contributed by atoms with van der Waals surface area (Å²) in [6.45, 7) is 1.81. The highest BCUT2D eigenvalue weighted by molar-refractivity contribution is 7.16. The first-order chi connectivity index (χ1) is 17.4. The first kappa shape index (κ1) is 24.7. The number of rotatable bonds is 8. The van der Waals surface area contributed by atoms with Crippen molar-refractivity contribution in [1.82, 2.24) is 9.78 Å². The molecule has 36 heavy (non-hydrogen) atoms. The zero-order valence-electron chi connectivity index (χ0n) is 20.0. The second kappa shape index (κ2) is 10.5. The fourth-order valence-corrected chi connectivity index (χ4v) is 4.49. The Balaban J connectivity index is 1.85. The number of hydrogen-bond donors (Lipinski definition) is 1. The zero-order valence-corrected chi connectivity index (χ0v) is 20.8. The highest BCUT2D eigenvalue weighted by atomic mass is 32.1. The molecule has 2 aromatic carbocycles. The molecule has 0 aliphatic carbocycles. The minimum Gasteiger partial charge on any atom is -0.497 e. The topological polar surface area (TPSA) is 118 Å². The predicted molar refractivity (Wildman–Crippen MR) is 135 cm³/mol. The van der Waals surface area contributed by atoms with E-state index in [0.717, 1.165) is 16.0 Å². The van der Waals surface area contributed by atoms with Gasteiger partial charge in [-0.1, -0.05) is 6.07 Å². The smallest absolute Gasteiger partial charge is 0.359 e. The van der Waals surface area contributed by atoms with Crippen LogP contribution in [0.25, 0.3) is 16.5 Å². The molecule has 4 rings (SSSR count). The Labute approximate surface area is 210 Å². The lowest BCUT2D eigenvalue weighted by Crippen LogP contribution is -2.25. The molecule has 0 atom stereocenters. The van der Waals surface area contributed by atoms with Crippen LogP contribution in [0.5, 0.6) is 17.2 Å². The van der Waals surface area contributed by atoms with E-state index >= 15 is 0 Å². The fourth-order valence-electron chi connectivity index (χ4n) is 3.56. The summed E-state index contributed by atoms with van der Waals surface area (Å²) in [6.07, 6.45) is 0. The van der Waals surface area contributed by atoms with Crippen LogP contribution in [0.4, 0.5) is 5.00 Å². The fraction of sp³-hybridized carbons (Fsp3) is 0.200. The van der Waals surface area contributed by atoms with Crippen LogP contribution in [0, 0.1) is 0 Å². The second-order valence-electron chi connectivity index (χ2n) is 7.36. The minimum absolute atomic E-state index is 0.0443. The van der Waals surface area contributed by atoms with Crippen molar-refractivity contribution in [2.45, 2.75) is 6.92 Å². The van der Waals surface area contributed by atoms with E-state index in [2.05, 4.69) is 10.4 Å². The molecule has 0 spiro atoms. The zero-order chi connectivity index (χ0) is 25.8. The largest absolute Gasteiger partial charge is 0.497 e. The number of carbonyl (C=O) groups excluding carboxylic acids is 2. The molecule has 0 unspecified atom stereocenters. The average molecular weight is 510 g/mol. The Morgan fingerprint density at radius 2 is 1.81 bits per heavy atom. The second-order valence-corrected chi connectivity index (χ2v) is 8.24. The van der Waals surface area contributed by atoms with E-state index in [0.29, 0.717) is 28.5 Å². The normalized spacial score (nSPS) is 10.7. The third-order valence-corrected chi connectivity index (χ3v) is 6.19. The Bertz CT molecular complexity index is 1510. The molecular formula is C25H23N3O7S. The van der Waals surface area contributed by atoms with Crippen molar-refractivity contribution in [3.63, 3.8) is 0 Å². The average Bonchev–Trinajstić information content (AvgIpc) is 3.32. The van der Waals surface area contributed by atoms with Crippen LogP contribution in [0.3, 0.4) is 0 Å². The van der Waals surface area contributed by atoms with E-state index < -0.39 is 17.4 Å². The molecule has 0 bridgehead atoms. The Morgan fingerprint density at radius 3 is 2.50 bits per heavy atom. The lowest BCUT2D eigenvalue weighted by atomic mass is 10.1. The van der Waals surface area contributed by atoms with E-state index in [1.165, 1.54) is 27.4 Å². The molecule has 0 saturated carbocycles. The molecule has 1 amide bonds. The van der Waals surface area contributed by atoms with Crippen molar-refractivity contribution in [3.05, 3.63) is 69.5 Å². The van der Waals surface area contributed by atoms with Crippen molar-refractivity contribution >= 4 is 39.0 Å². The minimum atomic E-state index is -0.685. The van der Waals surface area contributed by atoms with Crippen LogP contribution in [0.2, 0.25) is 0 Å². The van der Waals surface area contributed by atoms with Crippen molar-refractivity contribution in [3.8, 4) is 22.9 Å². The number of aromatic nitrogens is 2. The summed E-state index contributed by atoms with van der Waals surface area (Å²) in [6, 6.07) is 11.4. The van der Waals surface area contributed by atoms with Gasteiger partial charge in [0.25, 0.3) is 11.5 Å². The standard InChI is InChI=1S/C25H23N3O7S/c1-5-35-25(31)21-17-13-36-23(26-22(29)14-9-10-18(33-3)19(11-14)34-4)20(17)24(30)28(27-21)15-7-6-8-16(12-15)32-2/h6-13H,5H2,1-4H3,(H,26,29). The molecule has 186 valence electrons. The molecule has 2 heterocycles. The first-order valence-corrected chi connectivity index (χ1v) is 11.7. The summed E-state index contributed by atoms with van der Waals surface area (Å²) in [7, 11) is 4.47. The van der Waals surface area contributed by atoms with Gasteiger partial charge in [0.05, 0.1) is 39.0 Å². The van der Waals surface area contributed by atoms with E-state index in [4.69, 9.17) is 18.9 Å². The Hall–Kier alpha value is -4.38. The first-order valence-electron chi connectivity index (χ1n) is 10.8. The van der Waals surface area contributed by atoms with Gasteiger partial charge in [0.1, 0.15) is 10.8 Å². The molecule has 0 fully saturated rings. The number of amides is 1. The van der Waals surface area contributed by atoms with Crippen molar-refractivity contribution in [2.75, 3.05) is 33.3 Å². The maximum Gasteiger partial charge on any atom is 0.359 e. The number of hydrogen-bond acceptors (Lipinski definition) is 9. The number of methoxy groups -OCH3 is 3. The van der Waals surface area contributed by atoms with Crippen LogP contribution in [0.15, 0.2) is 52.6 Å². The van der Waals surface area contributed by atoms with Crippen LogP contribution in [-0.4, -0.2) is 49.6 Å². The summed E-state index contributed by atoms with van der Waals surface area (Å²) in [5.41, 5.74) is 0.115. The quantitative estimate of drug-likeness (QED) is 0.355. The van der Waals surface area contributed by atoms with Crippen LogP contribution < -0.4 is 25.1 Å². The number of thiophene rings is 1. The summed E-state index contributed by atoms with van der Waals surface area (Å²) in [4.78, 5) is 39.4. The number of nitrogens with zero attached hydrogens (tertiary/aromatic N) is 2. The molecule has 10 nitrogen and oxygen atoms in total.